The summed E-state index contributed by atoms with van der Waals surface area (Å²) < 4.78 is 0. The van der Waals surface area contributed by atoms with Gasteiger partial charge in [-0.05, 0) is 37.7 Å². The van der Waals surface area contributed by atoms with Crippen LogP contribution in [-0.4, -0.2) is 11.0 Å². The second-order valence-electron chi connectivity index (χ2n) is 5.64. The molecule has 1 heterocycles. The Morgan fingerprint density at radius 1 is 1.26 bits per heavy atom. The summed E-state index contributed by atoms with van der Waals surface area (Å²) in [6, 6.07) is 6.57. The molecule has 0 spiro atoms. The van der Waals surface area contributed by atoms with Crippen molar-refractivity contribution in [1.82, 2.24) is 10.3 Å². The standard InChI is InChI=1S/C15H19N3O/c16-9-10-3-1-4-12(10)17-13-5-2-6-14-11(13)7-8-15(19)18-14/h7-8,10,12-13,17H,1-6H2,(H,18,19). The van der Waals surface area contributed by atoms with Gasteiger partial charge in [-0.1, -0.05) is 12.5 Å². The molecule has 0 amide bonds. The van der Waals surface area contributed by atoms with Crippen molar-refractivity contribution in [3.63, 3.8) is 0 Å². The van der Waals surface area contributed by atoms with E-state index in [1.165, 1.54) is 5.56 Å². The number of nitrogens with one attached hydrogen (secondary N) is 2. The number of aromatic amines is 1. The van der Waals surface area contributed by atoms with Gasteiger partial charge in [0.1, 0.15) is 0 Å². The first-order valence-corrected chi connectivity index (χ1v) is 7.15. The molecule has 2 aliphatic rings. The van der Waals surface area contributed by atoms with Gasteiger partial charge in [-0.2, -0.15) is 5.26 Å². The Balaban J connectivity index is 1.80. The number of nitriles is 1. The minimum absolute atomic E-state index is 0.0184. The highest BCUT2D eigenvalue weighted by Gasteiger charge is 2.30. The summed E-state index contributed by atoms with van der Waals surface area (Å²) in [5.74, 6) is 0.146. The minimum Gasteiger partial charge on any atom is -0.326 e. The van der Waals surface area contributed by atoms with Crippen LogP contribution in [0.25, 0.3) is 0 Å². The zero-order valence-electron chi connectivity index (χ0n) is 11.0. The molecule has 0 saturated heterocycles. The summed E-state index contributed by atoms with van der Waals surface area (Å²) in [6.07, 6.45) is 6.38. The number of aromatic nitrogens is 1. The van der Waals surface area contributed by atoms with E-state index in [0.717, 1.165) is 44.2 Å². The summed E-state index contributed by atoms with van der Waals surface area (Å²) in [4.78, 5) is 14.3. The van der Waals surface area contributed by atoms with E-state index in [9.17, 15) is 4.79 Å². The maximum absolute atomic E-state index is 11.4. The number of hydrogen-bond acceptors (Lipinski definition) is 3. The summed E-state index contributed by atoms with van der Waals surface area (Å²) in [6.45, 7) is 0. The fourth-order valence-corrected chi connectivity index (χ4v) is 3.45. The van der Waals surface area contributed by atoms with Crippen LogP contribution in [0.15, 0.2) is 16.9 Å². The lowest BCUT2D eigenvalue weighted by atomic mass is 9.90. The molecule has 1 aromatic rings. The van der Waals surface area contributed by atoms with E-state index in [2.05, 4.69) is 16.4 Å². The van der Waals surface area contributed by atoms with Crippen LogP contribution in [0.5, 0.6) is 0 Å². The van der Waals surface area contributed by atoms with Crippen molar-refractivity contribution < 1.29 is 0 Å². The largest absolute Gasteiger partial charge is 0.326 e. The Kier molecular flexibility index (Phi) is 3.39. The summed E-state index contributed by atoms with van der Waals surface area (Å²) in [5.41, 5.74) is 2.27. The van der Waals surface area contributed by atoms with E-state index < -0.39 is 0 Å². The van der Waals surface area contributed by atoms with Crippen LogP contribution < -0.4 is 10.9 Å². The molecule has 4 nitrogen and oxygen atoms in total. The van der Waals surface area contributed by atoms with Crippen molar-refractivity contribution in [2.45, 2.75) is 50.6 Å². The van der Waals surface area contributed by atoms with Gasteiger partial charge in [-0.15, -0.1) is 0 Å². The number of H-pyrrole nitrogens is 1. The average molecular weight is 257 g/mol. The van der Waals surface area contributed by atoms with Gasteiger partial charge < -0.3 is 10.3 Å². The summed E-state index contributed by atoms with van der Waals surface area (Å²) >= 11 is 0. The third kappa shape index (κ3) is 2.43. The third-order valence-electron chi connectivity index (χ3n) is 4.43. The molecule has 2 N–H and O–H groups in total. The second-order valence-corrected chi connectivity index (χ2v) is 5.64. The van der Waals surface area contributed by atoms with Crippen LogP contribution in [0.1, 0.15) is 49.4 Å². The van der Waals surface area contributed by atoms with Crippen LogP contribution in [0.4, 0.5) is 0 Å². The molecule has 100 valence electrons. The monoisotopic (exact) mass is 257 g/mol. The van der Waals surface area contributed by atoms with Gasteiger partial charge >= 0.3 is 0 Å². The van der Waals surface area contributed by atoms with Gasteiger partial charge in [0.2, 0.25) is 5.56 Å². The lowest BCUT2D eigenvalue weighted by Gasteiger charge is -2.29. The maximum atomic E-state index is 11.4. The van der Waals surface area contributed by atoms with Gasteiger partial charge in [0.15, 0.2) is 0 Å². The molecule has 1 aromatic heterocycles. The quantitative estimate of drug-likeness (QED) is 0.851. The van der Waals surface area contributed by atoms with E-state index >= 15 is 0 Å². The first-order chi connectivity index (χ1) is 9.28. The molecular weight excluding hydrogens is 238 g/mol. The predicted octanol–water partition coefficient (Wildman–Crippen LogP) is 2.03. The number of nitrogens with zero attached hydrogens (tertiary/aromatic N) is 1. The molecule has 19 heavy (non-hydrogen) atoms. The van der Waals surface area contributed by atoms with E-state index in [-0.39, 0.29) is 11.5 Å². The van der Waals surface area contributed by atoms with Crippen molar-refractivity contribution >= 4 is 0 Å². The normalized spacial score (nSPS) is 29.7. The Bertz CT molecular complexity index is 557. The highest BCUT2D eigenvalue weighted by atomic mass is 16.1. The molecule has 0 radical (unpaired) electrons. The molecule has 0 aliphatic heterocycles. The van der Waals surface area contributed by atoms with Gasteiger partial charge in [0.25, 0.3) is 0 Å². The number of aryl methyl sites for hydroxylation is 1. The van der Waals surface area contributed by atoms with E-state index in [1.807, 2.05) is 6.07 Å². The van der Waals surface area contributed by atoms with Crippen molar-refractivity contribution in [3.05, 3.63) is 33.7 Å². The first-order valence-electron chi connectivity index (χ1n) is 7.15. The molecule has 0 aromatic carbocycles. The molecular formula is C15H19N3O. The fourth-order valence-electron chi connectivity index (χ4n) is 3.45. The number of pyridine rings is 1. The van der Waals surface area contributed by atoms with Crippen LogP contribution in [0.3, 0.4) is 0 Å². The highest BCUT2D eigenvalue weighted by molar-refractivity contribution is 5.26. The minimum atomic E-state index is -0.0184. The zero-order valence-corrected chi connectivity index (χ0v) is 11.0. The first kappa shape index (κ1) is 12.4. The number of fused-ring (bicyclic) bond motifs is 1. The average Bonchev–Trinajstić information content (AvgIpc) is 2.86. The van der Waals surface area contributed by atoms with E-state index in [0.29, 0.717) is 12.1 Å². The predicted molar refractivity (Wildman–Crippen MR) is 72.6 cm³/mol. The number of rotatable bonds is 2. The maximum Gasteiger partial charge on any atom is 0.248 e. The lowest BCUT2D eigenvalue weighted by Crippen LogP contribution is -2.37. The highest BCUT2D eigenvalue weighted by Crippen LogP contribution is 2.32. The summed E-state index contributed by atoms with van der Waals surface area (Å²) in [5, 5.41) is 12.8. The van der Waals surface area contributed by atoms with Crippen molar-refractivity contribution in [2.75, 3.05) is 0 Å². The van der Waals surface area contributed by atoms with Crippen LogP contribution in [-0.2, 0) is 6.42 Å². The molecule has 3 unspecified atom stereocenters. The molecule has 3 atom stereocenters. The second kappa shape index (κ2) is 5.18. The van der Waals surface area contributed by atoms with Crippen LogP contribution >= 0.6 is 0 Å². The molecule has 1 saturated carbocycles. The Labute approximate surface area is 112 Å². The Morgan fingerprint density at radius 3 is 3.00 bits per heavy atom. The Hall–Kier alpha value is -1.60. The van der Waals surface area contributed by atoms with Crippen molar-refractivity contribution in [2.24, 2.45) is 5.92 Å². The van der Waals surface area contributed by atoms with Crippen molar-refractivity contribution in [3.8, 4) is 6.07 Å². The molecule has 4 heteroatoms. The fraction of sp³-hybridized carbons (Fsp3) is 0.600. The van der Waals surface area contributed by atoms with Crippen LogP contribution in [0, 0.1) is 17.2 Å². The van der Waals surface area contributed by atoms with Crippen molar-refractivity contribution in [1.29, 1.82) is 5.26 Å². The Morgan fingerprint density at radius 2 is 2.16 bits per heavy atom. The van der Waals surface area contributed by atoms with E-state index in [1.54, 1.807) is 6.07 Å². The van der Waals surface area contributed by atoms with Crippen LogP contribution in [0.2, 0.25) is 0 Å². The summed E-state index contributed by atoms with van der Waals surface area (Å²) in [7, 11) is 0. The molecule has 3 rings (SSSR count). The van der Waals surface area contributed by atoms with Gasteiger partial charge in [-0.25, -0.2) is 0 Å². The van der Waals surface area contributed by atoms with Gasteiger partial charge in [0, 0.05) is 23.8 Å². The molecule has 2 aliphatic carbocycles. The lowest BCUT2D eigenvalue weighted by molar-refractivity contribution is 0.367. The van der Waals surface area contributed by atoms with E-state index in [4.69, 9.17) is 5.26 Å². The third-order valence-corrected chi connectivity index (χ3v) is 4.43. The smallest absolute Gasteiger partial charge is 0.248 e. The van der Waals surface area contributed by atoms with Gasteiger partial charge in [-0.3, -0.25) is 4.79 Å². The molecule has 1 fully saturated rings. The zero-order chi connectivity index (χ0) is 13.2. The topological polar surface area (TPSA) is 68.7 Å². The van der Waals surface area contributed by atoms with Gasteiger partial charge in [0.05, 0.1) is 12.0 Å². The number of hydrogen-bond donors (Lipinski definition) is 2. The SMILES string of the molecule is N#CC1CCCC1NC1CCCc2[nH]c(=O)ccc21. The molecule has 0 bridgehead atoms.